The summed E-state index contributed by atoms with van der Waals surface area (Å²) in [4.78, 5) is 21.7. The number of anilines is 3. The molecule has 0 atom stereocenters. The Morgan fingerprint density at radius 1 is 0.862 bits per heavy atom. The number of carbonyl (C=O) groups excluding carboxylic acids is 1. The number of hydrogen-bond acceptors (Lipinski definition) is 4. The monoisotopic (exact) mass is 386 g/mol. The van der Waals surface area contributed by atoms with Gasteiger partial charge in [-0.2, -0.15) is 0 Å². The van der Waals surface area contributed by atoms with Crippen molar-refractivity contribution < 1.29 is 4.79 Å². The van der Waals surface area contributed by atoms with Gasteiger partial charge in [0.2, 0.25) is 0 Å². The lowest BCUT2D eigenvalue weighted by Gasteiger charge is -2.36. The number of amides is 1. The van der Waals surface area contributed by atoms with E-state index in [4.69, 9.17) is 0 Å². The van der Waals surface area contributed by atoms with Gasteiger partial charge in [0, 0.05) is 43.8 Å². The number of rotatable bonds is 4. The summed E-state index contributed by atoms with van der Waals surface area (Å²) in [5.41, 5.74) is 5.04. The highest BCUT2D eigenvalue weighted by Gasteiger charge is 2.19. The summed E-state index contributed by atoms with van der Waals surface area (Å²) in [5.74, 6) is 0.778. The van der Waals surface area contributed by atoms with Crippen molar-refractivity contribution in [3.05, 3.63) is 83.6 Å². The molecule has 4 rings (SSSR count). The van der Waals surface area contributed by atoms with E-state index in [0.717, 1.165) is 43.2 Å². The van der Waals surface area contributed by atoms with E-state index in [2.05, 4.69) is 51.3 Å². The van der Waals surface area contributed by atoms with Crippen molar-refractivity contribution in [3.8, 4) is 0 Å². The molecule has 1 N–H and O–H groups in total. The van der Waals surface area contributed by atoms with Gasteiger partial charge in [-0.25, -0.2) is 4.98 Å². The molecule has 1 saturated heterocycles. The molecule has 2 heterocycles. The minimum absolute atomic E-state index is 0.140. The van der Waals surface area contributed by atoms with E-state index < -0.39 is 0 Å². The van der Waals surface area contributed by atoms with Crippen LogP contribution in [-0.2, 0) is 0 Å². The average molecular weight is 386 g/mol. The normalized spacial score (nSPS) is 14.0. The standard InChI is InChI=1S/C24H26N4O/c1-18-5-3-7-21(15-18)26-24(29)20-9-10-23(25-17-20)28-13-11-27(12-14-28)22-8-4-6-19(2)16-22/h3-10,15-17H,11-14H2,1-2H3,(H,26,29). The summed E-state index contributed by atoms with van der Waals surface area (Å²) in [6.07, 6.45) is 1.66. The zero-order valence-corrected chi connectivity index (χ0v) is 16.9. The third kappa shape index (κ3) is 4.57. The number of pyridine rings is 1. The summed E-state index contributed by atoms with van der Waals surface area (Å²) in [5, 5.41) is 2.93. The molecule has 5 nitrogen and oxygen atoms in total. The van der Waals surface area contributed by atoms with Gasteiger partial charge in [-0.3, -0.25) is 4.79 Å². The first-order chi connectivity index (χ1) is 14.1. The van der Waals surface area contributed by atoms with E-state index in [-0.39, 0.29) is 5.91 Å². The first kappa shape index (κ1) is 19.0. The molecule has 5 heteroatoms. The van der Waals surface area contributed by atoms with Crippen LogP contribution in [0.25, 0.3) is 0 Å². The molecular weight excluding hydrogens is 360 g/mol. The fourth-order valence-electron chi connectivity index (χ4n) is 3.65. The summed E-state index contributed by atoms with van der Waals surface area (Å²) in [6, 6.07) is 20.2. The number of aryl methyl sites for hydroxylation is 2. The maximum absolute atomic E-state index is 12.5. The van der Waals surface area contributed by atoms with Crippen LogP contribution in [0.4, 0.5) is 17.2 Å². The molecule has 148 valence electrons. The molecule has 0 aliphatic carbocycles. The molecule has 1 amide bonds. The van der Waals surface area contributed by atoms with Crippen LogP contribution in [0.3, 0.4) is 0 Å². The molecule has 0 saturated carbocycles. The number of aromatic nitrogens is 1. The summed E-state index contributed by atoms with van der Waals surface area (Å²) in [6.45, 7) is 7.87. The number of carbonyl (C=O) groups is 1. The largest absolute Gasteiger partial charge is 0.368 e. The molecule has 2 aromatic carbocycles. The van der Waals surface area contributed by atoms with E-state index in [1.807, 2.05) is 43.3 Å². The summed E-state index contributed by atoms with van der Waals surface area (Å²) in [7, 11) is 0. The van der Waals surface area contributed by atoms with Gasteiger partial charge in [0.25, 0.3) is 5.91 Å². The Morgan fingerprint density at radius 3 is 2.21 bits per heavy atom. The zero-order chi connectivity index (χ0) is 20.2. The number of benzene rings is 2. The van der Waals surface area contributed by atoms with Gasteiger partial charge in [0.15, 0.2) is 0 Å². The third-order valence-corrected chi connectivity index (χ3v) is 5.26. The minimum Gasteiger partial charge on any atom is -0.368 e. The van der Waals surface area contributed by atoms with Gasteiger partial charge in [-0.1, -0.05) is 24.3 Å². The lowest BCUT2D eigenvalue weighted by Crippen LogP contribution is -2.46. The maximum Gasteiger partial charge on any atom is 0.257 e. The van der Waals surface area contributed by atoms with E-state index in [9.17, 15) is 4.79 Å². The topological polar surface area (TPSA) is 48.5 Å². The summed E-state index contributed by atoms with van der Waals surface area (Å²) >= 11 is 0. The molecule has 3 aromatic rings. The highest BCUT2D eigenvalue weighted by Crippen LogP contribution is 2.20. The second-order valence-corrected chi connectivity index (χ2v) is 7.54. The fraction of sp³-hybridized carbons (Fsp3) is 0.250. The Kier molecular flexibility index (Phi) is 5.47. The number of piperazine rings is 1. The van der Waals surface area contributed by atoms with Crippen LogP contribution >= 0.6 is 0 Å². The Hall–Kier alpha value is -3.34. The molecule has 29 heavy (non-hydrogen) atoms. The van der Waals surface area contributed by atoms with Crippen molar-refractivity contribution in [1.29, 1.82) is 0 Å². The Bertz CT molecular complexity index is 992. The van der Waals surface area contributed by atoms with Crippen molar-refractivity contribution in [3.63, 3.8) is 0 Å². The van der Waals surface area contributed by atoms with Gasteiger partial charge in [-0.15, -0.1) is 0 Å². The van der Waals surface area contributed by atoms with Crippen molar-refractivity contribution in [2.24, 2.45) is 0 Å². The molecule has 1 fully saturated rings. The first-order valence-corrected chi connectivity index (χ1v) is 9.99. The molecule has 0 unspecified atom stereocenters. The number of nitrogens with zero attached hydrogens (tertiary/aromatic N) is 3. The van der Waals surface area contributed by atoms with Crippen molar-refractivity contribution in [2.45, 2.75) is 13.8 Å². The van der Waals surface area contributed by atoms with Crippen molar-refractivity contribution in [2.75, 3.05) is 41.3 Å². The lowest BCUT2D eigenvalue weighted by atomic mass is 10.2. The van der Waals surface area contributed by atoms with E-state index >= 15 is 0 Å². The predicted octanol–water partition coefficient (Wildman–Crippen LogP) is 4.28. The zero-order valence-electron chi connectivity index (χ0n) is 16.9. The van der Waals surface area contributed by atoms with Gasteiger partial charge >= 0.3 is 0 Å². The van der Waals surface area contributed by atoms with Crippen molar-refractivity contribution in [1.82, 2.24) is 4.98 Å². The lowest BCUT2D eigenvalue weighted by molar-refractivity contribution is 0.102. The van der Waals surface area contributed by atoms with Crippen LogP contribution in [0.5, 0.6) is 0 Å². The van der Waals surface area contributed by atoms with E-state index in [1.54, 1.807) is 6.20 Å². The Balaban J connectivity index is 1.36. The second kappa shape index (κ2) is 8.35. The highest BCUT2D eigenvalue weighted by molar-refractivity contribution is 6.04. The number of nitrogens with one attached hydrogen (secondary N) is 1. The van der Waals surface area contributed by atoms with Crippen molar-refractivity contribution >= 4 is 23.1 Å². The van der Waals surface area contributed by atoms with E-state index in [1.165, 1.54) is 11.3 Å². The maximum atomic E-state index is 12.5. The van der Waals surface area contributed by atoms with Crippen LogP contribution < -0.4 is 15.1 Å². The predicted molar refractivity (Wildman–Crippen MR) is 119 cm³/mol. The third-order valence-electron chi connectivity index (χ3n) is 5.26. The van der Waals surface area contributed by atoms with E-state index in [0.29, 0.717) is 5.56 Å². The van der Waals surface area contributed by atoms with Crippen LogP contribution in [-0.4, -0.2) is 37.1 Å². The molecule has 0 bridgehead atoms. The molecule has 0 radical (unpaired) electrons. The quantitative estimate of drug-likeness (QED) is 0.727. The SMILES string of the molecule is Cc1cccc(NC(=O)c2ccc(N3CCN(c4cccc(C)c4)CC3)nc2)c1. The number of hydrogen-bond donors (Lipinski definition) is 1. The van der Waals surface area contributed by atoms with Gasteiger partial charge in [0.05, 0.1) is 5.56 Å². The smallest absolute Gasteiger partial charge is 0.257 e. The molecule has 1 aliphatic heterocycles. The van der Waals surface area contributed by atoms with Gasteiger partial charge in [-0.05, 0) is 61.4 Å². The fourth-order valence-corrected chi connectivity index (χ4v) is 3.65. The van der Waals surface area contributed by atoms with Gasteiger partial charge < -0.3 is 15.1 Å². The second-order valence-electron chi connectivity index (χ2n) is 7.54. The Morgan fingerprint density at radius 2 is 1.55 bits per heavy atom. The summed E-state index contributed by atoms with van der Waals surface area (Å²) < 4.78 is 0. The minimum atomic E-state index is -0.140. The van der Waals surface area contributed by atoms with Crippen LogP contribution in [0.1, 0.15) is 21.5 Å². The molecular formula is C24H26N4O. The molecule has 1 aliphatic rings. The average Bonchev–Trinajstić information content (AvgIpc) is 2.74. The molecule has 0 spiro atoms. The van der Waals surface area contributed by atoms with Crippen LogP contribution in [0.15, 0.2) is 66.9 Å². The Labute approximate surface area is 172 Å². The first-order valence-electron chi connectivity index (χ1n) is 9.99. The van der Waals surface area contributed by atoms with Crippen LogP contribution in [0, 0.1) is 13.8 Å². The van der Waals surface area contributed by atoms with Gasteiger partial charge in [0.1, 0.15) is 5.82 Å². The van der Waals surface area contributed by atoms with Crippen LogP contribution in [0.2, 0.25) is 0 Å². The molecule has 1 aromatic heterocycles. The highest BCUT2D eigenvalue weighted by atomic mass is 16.1.